The maximum absolute atomic E-state index is 13.4. The van der Waals surface area contributed by atoms with Gasteiger partial charge in [-0.05, 0) is 49.2 Å². The van der Waals surface area contributed by atoms with E-state index in [0.717, 1.165) is 19.9 Å². The molecule has 0 aliphatic carbocycles. The maximum atomic E-state index is 13.4. The Morgan fingerprint density at radius 2 is 1.68 bits per heavy atom. The number of amides is 1. The van der Waals surface area contributed by atoms with Gasteiger partial charge in [0, 0.05) is 4.47 Å². The fourth-order valence-electron chi connectivity index (χ4n) is 3.26. The zero-order chi connectivity index (χ0) is 22.4. The first-order valence-electron chi connectivity index (χ1n) is 10.0. The predicted octanol–water partition coefficient (Wildman–Crippen LogP) is 5.22. The van der Waals surface area contributed by atoms with Crippen LogP contribution < -0.4 is 9.62 Å². The molecule has 0 fully saturated rings. The van der Waals surface area contributed by atoms with Crippen LogP contribution in [0.15, 0.2) is 88.2 Å². The Kier molecular flexibility index (Phi) is 7.51. The van der Waals surface area contributed by atoms with Gasteiger partial charge in [0.25, 0.3) is 10.0 Å². The van der Waals surface area contributed by atoms with Crippen molar-refractivity contribution >= 4 is 37.5 Å². The first-order chi connectivity index (χ1) is 14.8. The lowest BCUT2D eigenvalue weighted by Crippen LogP contribution is -2.42. The molecule has 0 radical (unpaired) electrons. The third kappa shape index (κ3) is 5.74. The molecule has 0 unspecified atom stereocenters. The summed E-state index contributed by atoms with van der Waals surface area (Å²) in [5.74, 6) is -0.369. The number of anilines is 1. The number of nitrogens with one attached hydrogen (secondary N) is 1. The van der Waals surface area contributed by atoms with Crippen LogP contribution in [-0.2, 0) is 14.8 Å². The second kappa shape index (κ2) is 10.1. The van der Waals surface area contributed by atoms with E-state index in [2.05, 4.69) is 21.2 Å². The Balaban J connectivity index is 1.89. The topological polar surface area (TPSA) is 66.5 Å². The molecule has 0 spiro atoms. The summed E-state index contributed by atoms with van der Waals surface area (Å²) in [7, 11) is -3.93. The number of hydrogen-bond donors (Lipinski definition) is 1. The highest BCUT2D eigenvalue weighted by atomic mass is 79.9. The summed E-state index contributed by atoms with van der Waals surface area (Å²) >= 11 is 3.39. The normalized spacial score (nSPS) is 12.2. The summed E-state index contributed by atoms with van der Waals surface area (Å²) in [6.45, 7) is 3.67. The van der Waals surface area contributed by atoms with E-state index >= 15 is 0 Å². The molecule has 1 amide bonds. The van der Waals surface area contributed by atoms with Gasteiger partial charge in [-0.2, -0.15) is 0 Å². The number of carbonyl (C=O) groups is 1. The molecule has 3 aromatic rings. The number of nitrogens with zero attached hydrogens (tertiary/aromatic N) is 1. The van der Waals surface area contributed by atoms with Crippen LogP contribution in [0.2, 0.25) is 0 Å². The van der Waals surface area contributed by atoms with Crippen LogP contribution in [-0.4, -0.2) is 20.9 Å². The third-order valence-corrected chi connectivity index (χ3v) is 7.22. The van der Waals surface area contributed by atoms with Crippen LogP contribution in [0.4, 0.5) is 5.69 Å². The standard InChI is InChI=1S/C24H25BrN2O3S/c1-3-23(19-14-12-18(2)13-15-19)26-24(28)17-27(21-9-7-8-20(25)16-21)31(29,30)22-10-5-4-6-11-22/h4-16,23H,3,17H2,1-2H3,(H,26,28)/t23-/m0/s1. The molecule has 7 heteroatoms. The minimum atomic E-state index is -3.93. The van der Waals surface area contributed by atoms with E-state index in [9.17, 15) is 13.2 Å². The molecule has 0 aliphatic heterocycles. The van der Waals surface area contributed by atoms with E-state index in [4.69, 9.17) is 0 Å². The molecule has 162 valence electrons. The van der Waals surface area contributed by atoms with E-state index in [1.165, 1.54) is 12.1 Å². The molecule has 0 saturated heterocycles. The number of benzene rings is 3. The molecule has 0 aliphatic rings. The Morgan fingerprint density at radius 1 is 1.00 bits per heavy atom. The van der Waals surface area contributed by atoms with Crippen molar-refractivity contribution in [2.75, 3.05) is 10.8 Å². The first kappa shape index (κ1) is 23.0. The summed E-state index contributed by atoms with van der Waals surface area (Å²) in [6.07, 6.45) is 0.692. The van der Waals surface area contributed by atoms with Crippen LogP contribution in [0.3, 0.4) is 0 Å². The molecule has 5 nitrogen and oxygen atoms in total. The van der Waals surface area contributed by atoms with Gasteiger partial charge in [-0.1, -0.05) is 76.9 Å². The van der Waals surface area contributed by atoms with Gasteiger partial charge in [0.2, 0.25) is 5.91 Å². The van der Waals surface area contributed by atoms with Crippen molar-refractivity contribution in [3.05, 3.63) is 94.5 Å². The van der Waals surface area contributed by atoms with E-state index in [0.29, 0.717) is 12.1 Å². The van der Waals surface area contributed by atoms with Crippen molar-refractivity contribution in [3.8, 4) is 0 Å². The van der Waals surface area contributed by atoms with Gasteiger partial charge in [-0.25, -0.2) is 8.42 Å². The number of hydrogen-bond acceptors (Lipinski definition) is 3. The lowest BCUT2D eigenvalue weighted by Gasteiger charge is -2.26. The number of aryl methyl sites for hydroxylation is 1. The Morgan fingerprint density at radius 3 is 2.29 bits per heavy atom. The van der Waals surface area contributed by atoms with E-state index in [-0.39, 0.29) is 23.4 Å². The van der Waals surface area contributed by atoms with Crippen molar-refractivity contribution in [2.45, 2.75) is 31.2 Å². The number of halogens is 1. The van der Waals surface area contributed by atoms with Crippen molar-refractivity contribution in [3.63, 3.8) is 0 Å². The van der Waals surface area contributed by atoms with Crippen LogP contribution >= 0.6 is 15.9 Å². The molecule has 1 N–H and O–H groups in total. The molecular formula is C24H25BrN2O3S. The molecule has 3 aromatic carbocycles. The highest BCUT2D eigenvalue weighted by Crippen LogP contribution is 2.26. The van der Waals surface area contributed by atoms with Gasteiger partial charge in [-0.15, -0.1) is 0 Å². The fraction of sp³-hybridized carbons (Fsp3) is 0.208. The lowest BCUT2D eigenvalue weighted by molar-refractivity contribution is -0.120. The molecule has 0 heterocycles. The highest BCUT2D eigenvalue weighted by molar-refractivity contribution is 9.10. The van der Waals surface area contributed by atoms with Gasteiger partial charge >= 0.3 is 0 Å². The van der Waals surface area contributed by atoms with Gasteiger partial charge in [-0.3, -0.25) is 9.10 Å². The van der Waals surface area contributed by atoms with Crippen molar-refractivity contribution in [1.29, 1.82) is 0 Å². The molecule has 0 saturated carbocycles. The summed E-state index contributed by atoms with van der Waals surface area (Å²) in [5, 5.41) is 2.98. The molecular weight excluding hydrogens is 476 g/mol. The first-order valence-corrected chi connectivity index (χ1v) is 12.2. The smallest absolute Gasteiger partial charge is 0.264 e. The van der Waals surface area contributed by atoms with Crippen molar-refractivity contribution in [1.82, 2.24) is 5.32 Å². The SMILES string of the molecule is CC[C@H](NC(=O)CN(c1cccc(Br)c1)S(=O)(=O)c1ccccc1)c1ccc(C)cc1. The maximum Gasteiger partial charge on any atom is 0.264 e. The zero-order valence-electron chi connectivity index (χ0n) is 17.5. The largest absolute Gasteiger partial charge is 0.348 e. The Bertz CT molecular complexity index is 1130. The lowest BCUT2D eigenvalue weighted by atomic mass is 10.0. The minimum absolute atomic E-state index is 0.133. The highest BCUT2D eigenvalue weighted by Gasteiger charge is 2.28. The molecule has 31 heavy (non-hydrogen) atoms. The van der Waals surface area contributed by atoms with Crippen LogP contribution in [0.1, 0.15) is 30.5 Å². The molecule has 3 rings (SSSR count). The van der Waals surface area contributed by atoms with Crippen LogP contribution in [0.5, 0.6) is 0 Å². The fourth-order valence-corrected chi connectivity index (χ4v) is 5.08. The number of sulfonamides is 1. The summed E-state index contributed by atoms with van der Waals surface area (Å²) in [4.78, 5) is 13.1. The second-order valence-corrected chi connectivity index (χ2v) is 10.0. The Labute approximate surface area is 192 Å². The Hall–Kier alpha value is -2.64. The average molecular weight is 501 g/mol. The summed E-state index contributed by atoms with van der Waals surface area (Å²) in [6, 6.07) is 22.8. The molecule has 0 aromatic heterocycles. The van der Waals surface area contributed by atoms with E-state index in [1.807, 2.05) is 38.1 Å². The van der Waals surface area contributed by atoms with Gasteiger partial charge in [0.05, 0.1) is 16.6 Å². The van der Waals surface area contributed by atoms with Gasteiger partial charge < -0.3 is 5.32 Å². The monoisotopic (exact) mass is 500 g/mol. The average Bonchev–Trinajstić information content (AvgIpc) is 2.77. The molecule has 1 atom stereocenters. The van der Waals surface area contributed by atoms with Crippen LogP contribution in [0.25, 0.3) is 0 Å². The van der Waals surface area contributed by atoms with Crippen molar-refractivity contribution in [2.24, 2.45) is 0 Å². The van der Waals surface area contributed by atoms with Gasteiger partial charge in [0.15, 0.2) is 0 Å². The molecule has 0 bridgehead atoms. The zero-order valence-corrected chi connectivity index (χ0v) is 19.9. The van der Waals surface area contributed by atoms with E-state index in [1.54, 1.807) is 42.5 Å². The third-order valence-electron chi connectivity index (χ3n) is 4.94. The van der Waals surface area contributed by atoms with Gasteiger partial charge in [0.1, 0.15) is 6.54 Å². The number of rotatable bonds is 8. The number of carbonyl (C=O) groups excluding carboxylic acids is 1. The summed E-state index contributed by atoms with van der Waals surface area (Å²) < 4.78 is 28.6. The van der Waals surface area contributed by atoms with Crippen molar-refractivity contribution < 1.29 is 13.2 Å². The van der Waals surface area contributed by atoms with E-state index < -0.39 is 10.0 Å². The quantitative estimate of drug-likeness (QED) is 0.460. The predicted molar refractivity (Wildman–Crippen MR) is 127 cm³/mol. The second-order valence-electron chi connectivity index (χ2n) is 7.24. The van der Waals surface area contributed by atoms with Crippen LogP contribution in [0, 0.1) is 6.92 Å². The minimum Gasteiger partial charge on any atom is -0.348 e. The summed E-state index contributed by atoms with van der Waals surface area (Å²) in [5.41, 5.74) is 2.54.